The zero-order valence-corrected chi connectivity index (χ0v) is 16.6. The van der Waals surface area contributed by atoms with Gasteiger partial charge in [0.1, 0.15) is 4.08 Å². The van der Waals surface area contributed by atoms with Crippen LogP contribution in [0, 0.1) is 0 Å². The van der Waals surface area contributed by atoms with E-state index in [4.69, 9.17) is 0 Å². The number of benzene rings is 2. The van der Waals surface area contributed by atoms with Crippen LogP contribution in [0.3, 0.4) is 0 Å². The third-order valence-corrected chi connectivity index (χ3v) is 8.48. The second-order valence-electron chi connectivity index (χ2n) is 5.47. The smallest absolute Gasteiger partial charge is 0.120 e. The van der Waals surface area contributed by atoms with Crippen molar-refractivity contribution in [1.82, 2.24) is 0 Å². The van der Waals surface area contributed by atoms with Crippen LogP contribution in [0.2, 0.25) is 0 Å². The maximum absolute atomic E-state index is 2.24. The fourth-order valence-electron chi connectivity index (χ4n) is 2.69. The van der Waals surface area contributed by atoms with E-state index in [0.717, 1.165) is 0 Å². The lowest BCUT2D eigenvalue weighted by molar-refractivity contribution is 1.07. The largest absolute Gasteiger partial charge is 0.151 e. The molecule has 2 heterocycles. The zero-order chi connectivity index (χ0) is 17.0. The summed E-state index contributed by atoms with van der Waals surface area (Å²) in [4.78, 5) is 2.61. The fraction of sp³-hybridized carbons (Fsp3) is 0.0476. The van der Waals surface area contributed by atoms with E-state index in [-0.39, 0.29) is 4.08 Å². The first-order valence-corrected chi connectivity index (χ1v) is 11.4. The molecule has 0 nitrogen and oxygen atoms in total. The third kappa shape index (κ3) is 3.72. The molecule has 0 saturated carbocycles. The van der Waals surface area contributed by atoms with Gasteiger partial charge >= 0.3 is 0 Å². The molecule has 0 saturated heterocycles. The molecule has 4 rings (SSSR count). The van der Waals surface area contributed by atoms with Crippen LogP contribution in [0.5, 0.6) is 0 Å². The lowest BCUT2D eigenvalue weighted by atomic mass is 10.0. The van der Waals surface area contributed by atoms with Gasteiger partial charge in [-0.15, -0.1) is 0 Å². The molecule has 0 spiro atoms. The average Bonchev–Trinajstić information content (AvgIpc) is 3.37. The maximum Gasteiger partial charge on any atom is 0.120 e. The molecule has 0 aliphatic rings. The van der Waals surface area contributed by atoms with E-state index >= 15 is 0 Å². The molecule has 0 N–H and O–H groups in total. The second-order valence-corrected chi connectivity index (χ2v) is 9.87. The molecule has 0 amide bonds. The quantitative estimate of drug-likeness (QED) is 0.243. The summed E-state index contributed by atoms with van der Waals surface area (Å²) in [5, 5.41) is 8.77. The van der Waals surface area contributed by atoms with Crippen LogP contribution in [0.4, 0.5) is 0 Å². The topological polar surface area (TPSA) is 0 Å². The van der Waals surface area contributed by atoms with Crippen LogP contribution in [0.15, 0.2) is 104 Å². The number of thioether (sulfide) groups is 2. The molecule has 2 aromatic carbocycles. The van der Waals surface area contributed by atoms with Gasteiger partial charge in [-0.3, -0.25) is 0 Å². The van der Waals surface area contributed by atoms with Gasteiger partial charge in [0.05, 0.1) is 0 Å². The molecular formula is C21H16S4. The Morgan fingerprint density at radius 3 is 1.36 bits per heavy atom. The van der Waals surface area contributed by atoms with Gasteiger partial charge in [0.2, 0.25) is 0 Å². The van der Waals surface area contributed by atoms with Crippen molar-refractivity contribution in [3.05, 3.63) is 105 Å². The Morgan fingerprint density at radius 1 is 0.560 bits per heavy atom. The Morgan fingerprint density at radius 2 is 1.00 bits per heavy atom. The van der Waals surface area contributed by atoms with Crippen LogP contribution >= 0.6 is 46.2 Å². The Hall–Kier alpha value is -1.46. The standard InChI is InChI=1S/C21H16S4/c1-3-7-17(8-4-1)21(18-9-5-2-6-10-18,24-19-11-13-22-15-19)25-20-12-14-23-16-20/h1-16H. The van der Waals surface area contributed by atoms with E-state index < -0.39 is 0 Å². The number of thiophene rings is 2. The summed E-state index contributed by atoms with van der Waals surface area (Å²) in [6.45, 7) is 0. The highest BCUT2D eigenvalue weighted by Crippen LogP contribution is 2.57. The van der Waals surface area contributed by atoms with Crippen molar-refractivity contribution in [2.75, 3.05) is 0 Å². The average molecular weight is 397 g/mol. The maximum atomic E-state index is 2.24. The predicted molar refractivity (Wildman–Crippen MR) is 114 cm³/mol. The van der Waals surface area contributed by atoms with Gasteiger partial charge in [0.15, 0.2) is 0 Å². The first-order chi connectivity index (χ1) is 12.4. The molecule has 0 atom stereocenters. The van der Waals surface area contributed by atoms with Crippen molar-refractivity contribution in [1.29, 1.82) is 0 Å². The molecule has 25 heavy (non-hydrogen) atoms. The van der Waals surface area contributed by atoms with Gasteiger partial charge < -0.3 is 0 Å². The molecule has 4 heteroatoms. The van der Waals surface area contributed by atoms with Crippen molar-refractivity contribution in [3.63, 3.8) is 0 Å². The number of hydrogen-bond acceptors (Lipinski definition) is 4. The fourth-order valence-corrected chi connectivity index (χ4v) is 7.31. The van der Waals surface area contributed by atoms with E-state index in [9.17, 15) is 0 Å². The molecule has 4 aromatic rings. The molecule has 0 aliphatic carbocycles. The number of rotatable bonds is 6. The second kappa shape index (κ2) is 7.83. The van der Waals surface area contributed by atoms with Crippen molar-refractivity contribution in [2.45, 2.75) is 13.9 Å². The Balaban J connectivity index is 1.90. The monoisotopic (exact) mass is 396 g/mol. The normalized spacial score (nSPS) is 11.5. The highest BCUT2D eigenvalue weighted by molar-refractivity contribution is 8.18. The molecule has 2 aromatic heterocycles. The minimum absolute atomic E-state index is 0.218. The van der Waals surface area contributed by atoms with Gasteiger partial charge in [-0.05, 0) is 34.0 Å². The summed E-state index contributed by atoms with van der Waals surface area (Å²) < 4.78 is -0.218. The van der Waals surface area contributed by atoms with Gasteiger partial charge in [-0.25, -0.2) is 0 Å². The zero-order valence-electron chi connectivity index (χ0n) is 13.4. The third-order valence-electron chi connectivity index (χ3n) is 3.82. The van der Waals surface area contributed by atoms with Gasteiger partial charge in [0.25, 0.3) is 0 Å². The van der Waals surface area contributed by atoms with Gasteiger partial charge in [-0.1, -0.05) is 84.2 Å². The van der Waals surface area contributed by atoms with Crippen molar-refractivity contribution < 1.29 is 0 Å². The molecular weight excluding hydrogens is 380 g/mol. The molecule has 0 unspecified atom stereocenters. The van der Waals surface area contributed by atoms with Crippen molar-refractivity contribution >= 4 is 46.2 Å². The van der Waals surface area contributed by atoms with Crippen molar-refractivity contribution in [3.8, 4) is 0 Å². The lowest BCUT2D eigenvalue weighted by Gasteiger charge is -2.33. The van der Waals surface area contributed by atoms with E-state index in [0.29, 0.717) is 0 Å². The summed E-state index contributed by atoms with van der Waals surface area (Å²) >= 11 is 7.35. The van der Waals surface area contributed by atoms with Crippen LogP contribution in [0.1, 0.15) is 11.1 Å². The molecule has 0 fully saturated rings. The SMILES string of the molecule is c1ccc(C(Sc2ccsc2)(Sc2ccsc2)c2ccccc2)cc1. The van der Waals surface area contributed by atoms with E-state index in [1.165, 1.54) is 20.9 Å². The minimum atomic E-state index is -0.218. The summed E-state index contributed by atoms with van der Waals surface area (Å²) in [5.41, 5.74) is 2.63. The first kappa shape index (κ1) is 17.0. The lowest BCUT2D eigenvalue weighted by Crippen LogP contribution is -2.19. The number of hydrogen-bond donors (Lipinski definition) is 0. The summed E-state index contributed by atoms with van der Waals surface area (Å²) in [6.07, 6.45) is 0. The van der Waals surface area contributed by atoms with E-state index in [1.54, 1.807) is 22.7 Å². The Kier molecular flexibility index (Phi) is 5.32. The molecule has 0 radical (unpaired) electrons. The predicted octanol–water partition coefficient (Wildman–Crippen LogP) is 7.60. The summed E-state index contributed by atoms with van der Waals surface area (Å²) in [5.74, 6) is 0. The molecule has 0 bridgehead atoms. The van der Waals surface area contributed by atoms with Crippen LogP contribution in [-0.2, 0) is 4.08 Å². The highest BCUT2D eigenvalue weighted by Gasteiger charge is 2.37. The summed E-state index contributed by atoms with van der Waals surface area (Å²) in [7, 11) is 0. The highest BCUT2D eigenvalue weighted by atomic mass is 32.2. The molecule has 124 valence electrons. The van der Waals surface area contributed by atoms with Crippen molar-refractivity contribution in [2.24, 2.45) is 0 Å². The van der Waals surface area contributed by atoms with Crippen LogP contribution < -0.4 is 0 Å². The van der Waals surface area contributed by atoms with Crippen LogP contribution in [-0.4, -0.2) is 0 Å². The van der Waals surface area contributed by atoms with Gasteiger partial charge in [0, 0.05) is 20.6 Å². The van der Waals surface area contributed by atoms with E-state index in [1.807, 2.05) is 23.5 Å². The van der Waals surface area contributed by atoms with Crippen LogP contribution in [0.25, 0.3) is 0 Å². The Labute approximate surface area is 164 Å². The molecule has 0 aliphatic heterocycles. The van der Waals surface area contributed by atoms with E-state index in [2.05, 4.69) is 94.3 Å². The first-order valence-electron chi connectivity index (χ1n) is 7.90. The minimum Gasteiger partial charge on any atom is -0.151 e. The van der Waals surface area contributed by atoms with Gasteiger partial charge in [-0.2, -0.15) is 22.7 Å². The summed E-state index contributed by atoms with van der Waals surface area (Å²) in [6, 6.07) is 26.1. The Bertz CT molecular complexity index is 804.